The van der Waals surface area contributed by atoms with E-state index in [1.165, 1.54) is 0 Å². The zero-order valence-electron chi connectivity index (χ0n) is 27.6. The van der Waals surface area contributed by atoms with Gasteiger partial charge in [0.1, 0.15) is 17.3 Å². The molecule has 2 heterocycles. The van der Waals surface area contributed by atoms with Gasteiger partial charge in [-0.2, -0.15) is 0 Å². The van der Waals surface area contributed by atoms with Gasteiger partial charge >= 0.3 is 0 Å². The molecule has 4 unspecified atom stereocenters. The van der Waals surface area contributed by atoms with Crippen LogP contribution in [0.4, 0.5) is 11.4 Å². The smallest absolute Gasteiger partial charge is 0.123 e. The summed E-state index contributed by atoms with van der Waals surface area (Å²) in [4.78, 5) is 27.6. The highest BCUT2D eigenvalue weighted by Gasteiger charge is 2.18. The quantitative estimate of drug-likeness (QED) is 0.118. The molecule has 0 radical (unpaired) electrons. The predicted octanol–water partition coefficient (Wildman–Crippen LogP) is 10.9. The van der Waals surface area contributed by atoms with Crippen molar-refractivity contribution in [1.82, 2.24) is 19.9 Å². The number of aldehydes is 1. The molecule has 0 saturated carbocycles. The molecular weight excluding hydrogens is 698 g/mol. The number of benzene rings is 4. The lowest BCUT2D eigenvalue weighted by Gasteiger charge is -2.22. The molecule has 4 aromatic carbocycles. The number of hydrogen-bond acceptors (Lipinski definition) is 7. The largest absolute Gasteiger partial charge is 0.397 e. The second kappa shape index (κ2) is 18.1. The average Bonchev–Trinajstić information content (AvgIpc) is 3.10. The van der Waals surface area contributed by atoms with Crippen LogP contribution in [0.15, 0.2) is 97.6 Å². The number of hydrogen-bond donors (Lipinski definition) is 2. The van der Waals surface area contributed by atoms with Crippen LogP contribution in [-0.2, 0) is 4.79 Å². The number of carbonyl (C=O) groups excluding carboxylic acids is 1. The Morgan fingerprint density at radius 2 is 1.18 bits per heavy atom. The third-order valence-corrected chi connectivity index (χ3v) is 9.53. The van der Waals surface area contributed by atoms with Crippen LogP contribution >= 0.6 is 46.4 Å². The van der Waals surface area contributed by atoms with E-state index >= 15 is 0 Å². The molecule has 254 valence electrons. The summed E-state index contributed by atoms with van der Waals surface area (Å²) in [6.45, 7) is 9.07. The number of aromatic nitrogens is 4. The second-order valence-electron chi connectivity index (χ2n) is 11.8. The Labute approximate surface area is 307 Å². The number of nitrogen functional groups attached to an aromatic ring is 1. The second-order valence-corrected chi connectivity index (χ2v) is 13.5. The monoisotopic (exact) mass is 734 g/mol. The molecule has 0 amide bonds. The van der Waals surface area contributed by atoms with Crippen molar-refractivity contribution < 1.29 is 4.79 Å². The van der Waals surface area contributed by atoms with Crippen molar-refractivity contribution >= 4 is 86.1 Å². The van der Waals surface area contributed by atoms with Crippen molar-refractivity contribution in [2.24, 2.45) is 11.8 Å². The van der Waals surface area contributed by atoms with Crippen molar-refractivity contribution in [3.8, 4) is 0 Å². The van der Waals surface area contributed by atoms with Crippen molar-refractivity contribution in [3.63, 3.8) is 0 Å². The molecule has 49 heavy (non-hydrogen) atoms. The lowest BCUT2D eigenvalue weighted by atomic mass is 9.89. The van der Waals surface area contributed by atoms with Gasteiger partial charge in [-0.15, -0.1) is 0 Å². The fourth-order valence-electron chi connectivity index (χ4n) is 5.05. The summed E-state index contributed by atoms with van der Waals surface area (Å²) in [5.41, 5.74) is 12.8. The molecular formula is C38H38Cl4N6O. The minimum Gasteiger partial charge on any atom is -0.397 e. The first-order chi connectivity index (χ1) is 23.5. The van der Waals surface area contributed by atoms with Crippen LogP contribution in [0.3, 0.4) is 0 Å². The van der Waals surface area contributed by atoms with E-state index < -0.39 is 0 Å². The summed E-state index contributed by atoms with van der Waals surface area (Å²) in [6.07, 6.45) is 7.66. The van der Waals surface area contributed by atoms with Crippen molar-refractivity contribution in [3.05, 3.63) is 129 Å². The fraction of sp³-hybridized carbons (Fsp3) is 0.237. The molecule has 11 heteroatoms. The maximum atomic E-state index is 10.6. The first-order valence-electron chi connectivity index (χ1n) is 15.7. The van der Waals surface area contributed by atoms with Gasteiger partial charge in [-0.25, -0.2) is 0 Å². The van der Waals surface area contributed by atoms with Gasteiger partial charge in [0.15, 0.2) is 0 Å². The molecule has 7 nitrogen and oxygen atoms in total. The maximum absolute atomic E-state index is 10.6. The molecule has 3 N–H and O–H groups in total. The topological polar surface area (TPSA) is 107 Å². The summed E-state index contributed by atoms with van der Waals surface area (Å²) >= 11 is 24.1. The van der Waals surface area contributed by atoms with Gasteiger partial charge in [0, 0.05) is 57.3 Å². The van der Waals surface area contributed by atoms with Gasteiger partial charge in [-0.05, 0) is 77.4 Å². The molecule has 0 aliphatic rings. The molecule has 0 aliphatic heterocycles. The molecule has 0 saturated heterocycles. The van der Waals surface area contributed by atoms with Gasteiger partial charge in [0.05, 0.1) is 22.4 Å². The SMILES string of the molecule is CC(C=O)C(C)c1ccc(Cl)cc1Cl.CC(CNc1cccc2nccnc12)C(C)c1ccc(Cl)cc1Cl.Nc1cccc2nccnc12. The summed E-state index contributed by atoms with van der Waals surface area (Å²) in [7, 11) is 0. The lowest BCUT2D eigenvalue weighted by Crippen LogP contribution is -2.17. The number of nitrogens with zero attached hydrogens (tertiary/aromatic N) is 4. The average molecular weight is 737 g/mol. The Kier molecular flexibility index (Phi) is 14.0. The van der Waals surface area contributed by atoms with Crippen LogP contribution in [0.2, 0.25) is 20.1 Å². The fourth-order valence-corrected chi connectivity index (χ4v) is 6.21. The van der Waals surface area contributed by atoms with Gasteiger partial charge < -0.3 is 15.8 Å². The van der Waals surface area contributed by atoms with Crippen molar-refractivity contribution in [1.29, 1.82) is 0 Å². The van der Waals surface area contributed by atoms with Crippen LogP contribution in [0.1, 0.15) is 50.7 Å². The highest BCUT2D eigenvalue weighted by atomic mass is 35.5. The van der Waals surface area contributed by atoms with E-state index in [1.54, 1.807) is 43.0 Å². The first kappa shape index (κ1) is 37.8. The Morgan fingerprint density at radius 3 is 1.73 bits per heavy atom. The highest BCUT2D eigenvalue weighted by molar-refractivity contribution is 6.35. The number of anilines is 2. The maximum Gasteiger partial charge on any atom is 0.123 e. The van der Waals surface area contributed by atoms with E-state index in [2.05, 4.69) is 39.1 Å². The summed E-state index contributed by atoms with van der Waals surface area (Å²) < 4.78 is 0. The van der Waals surface area contributed by atoms with Crippen LogP contribution in [-0.4, -0.2) is 32.8 Å². The van der Waals surface area contributed by atoms with Crippen LogP contribution in [0.5, 0.6) is 0 Å². The summed E-state index contributed by atoms with van der Waals surface area (Å²) in [5, 5.41) is 6.12. The minimum absolute atomic E-state index is 0.0336. The highest BCUT2D eigenvalue weighted by Crippen LogP contribution is 2.33. The molecule has 0 spiro atoms. The summed E-state index contributed by atoms with van der Waals surface area (Å²) in [6, 6.07) is 22.6. The first-order valence-corrected chi connectivity index (χ1v) is 17.2. The predicted molar refractivity (Wildman–Crippen MR) is 206 cm³/mol. The van der Waals surface area contributed by atoms with E-state index in [4.69, 9.17) is 52.1 Å². The summed E-state index contributed by atoms with van der Waals surface area (Å²) in [5.74, 6) is 0.782. The molecule has 6 aromatic rings. The van der Waals surface area contributed by atoms with E-state index in [-0.39, 0.29) is 11.8 Å². The molecule has 0 bridgehead atoms. The molecule has 2 aromatic heterocycles. The van der Waals surface area contributed by atoms with Crippen molar-refractivity contribution in [2.45, 2.75) is 39.5 Å². The Morgan fingerprint density at radius 1 is 0.673 bits per heavy atom. The minimum atomic E-state index is -0.0336. The number of nitrogens with one attached hydrogen (secondary N) is 1. The molecule has 4 atom stereocenters. The standard InChI is InChI=1S/C19H19Cl2N3.C11H12Cl2O.C8H7N3/c1-12(13(2)15-7-6-14(20)10-16(15)21)11-24-18-5-3-4-17-19(18)23-9-8-22-17;1-7(6-14)8(2)10-4-3-9(12)5-11(10)13;9-6-2-1-3-7-8(6)11-5-4-10-7/h3-10,12-13,24H,11H2,1-2H3;3-8H,1-2H3;1-5H,9H2. The van der Waals surface area contributed by atoms with Crippen LogP contribution in [0.25, 0.3) is 22.1 Å². The van der Waals surface area contributed by atoms with Crippen LogP contribution < -0.4 is 11.1 Å². The number of fused-ring (bicyclic) bond motifs is 2. The van der Waals surface area contributed by atoms with Crippen molar-refractivity contribution in [2.75, 3.05) is 17.6 Å². The normalized spacial score (nSPS) is 13.2. The van der Waals surface area contributed by atoms with Gasteiger partial charge in [-0.1, -0.05) is 98.4 Å². The van der Waals surface area contributed by atoms with Crippen LogP contribution in [0, 0.1) is 11.8 Å². The third-order valence-electron chi connectivity index (χ3n) is 8.41. The number of halogens is 4. The van der Waals surface area contributed by atoms with E-state index in [9.17, 15) is 4.79 Å². The van der Waals surface area contributed by atoms with E-state index in [0.29, 0.717) is 32.6 Å². The zero-order chi connectivity index (χ0) is 35.5. The number of rotatable bonds is 8. The number of nitrogens with two attached hydrogens (primary N) is 1. The van der Waals surface area contributed by atoms with E-state index in [0.717, 1.165) is 56.7 Å². The molecule has 6 rings (SSSR count). The lowest BCUT2D eigenvalue weighted by molar-refractivity contribution is -0.111. The Bertz CT molecular complexity index is 2000. The number of carbonyl (C=O) groups is 1. The van der Waals surface area contributed by atoms with Gasteiger partial charge in [-0.3, -0.25) is 19.9 Å². The van der Waals surface area contributed by atoms with Gasteiger partial charge in [0.25, 0.3) is 0 Å². The third kappa shape index (κ3) is 10.2. The van der Waals surface area contributed by atoms with E-state index in [1.807, 2.05) is 68.4 Å². The van der Waals surface area contributed by atoms with Gasteiger partial charge in [0.2, 0.25) is 0 Å². The Hall–Kier alpha value is -4.01. The molecule has 0 aliphatic carbocycles. The Balaban J connectivity index is 0.000000183. The zero-order valence-corrected chi connectivity index (χ0v) is 30.6. The molecule has 0 fully saturated rings. The number of para-hydroxylation sites is 2.